The molecule has 0 N–H and O–H groups in total. The molecule has 0 aliphatic heterocycles. The fourth-order valence-corrected chi connectivity index (χ4v) is 7.18. The average Bonchev–Trinajstić information content (AvgIpc) is 3.42. The van der Waals surface area contributed by atoms with E-state index in [-0.39, 0.29) is 0 Å². The maximum absolute atomic E-state index is 2.43. The first-order valence-corrected chi connectivity index (χ1v) is 14.4. The van der Waals surface area contributed by atoms with Crippen molar-refractivity contribution >= 4 is 70.1 Å². The zero-order valence-corrected chi connectivity index (χ0v) is 22.6. The molecule has 8 aromatic rings. The van der Waals surface area contributed by atoms with Gasteiger partial charge in [0.05, 0.1) is 5.69 Å². The fourth-order valence-electron chi connectivity index (χ4n) is 5.92. The van der Waals surface area contributed by atoms with Crippen LogP contribution in [-0.2, 0) is 0 Å². The standard InChI is InChI=1S/C38H25NS/c1-2-10-26(11-3-1)30-15-8-16-31(24-30)39(32-22-20-27-12-4-5-14-29(27)25-32)35-18-9-19-36-37(35)34-23-21-28-13-6-7-17-33(28)38(34)40-36/h1-25H. The molecule has 0 saturated carbocycles. The molecule has 0 radical (unpaired) electrons. The highest BCUT2D eigenvalue weighted by Crippen LogP contribution is 2.47. The van der Waals surface area contributed by atoms with Gasteiger partial charge < -0.3 is 4.90 Å². The monoisotopic (exact) mass is 527 g/mol. The van der Waals surface area contributed by atoms with Crippen LogP contribution in [0.25, 0.3) is 52.8 Å². The Bertz CT molecular complexity index is 2170. The molecule has 0 fully saturated rings. The number of nitrogens with zero attached hydrogens (tertiary/aromatic N) is 1. The van der Waals surface area contributed by atoms with Gasteiger partial charge in [0.2, 0.25) is 0 Å². The summed E-state index contributed by atoms with van der Waals surface area (Å²) in [7, 11) is 0. The van der Waals surface area contributed by atoms with E-state index in [1.165, 1.54) is 58.5 Å². The summed E-state index contributed by atoms with van der Waals surface area (Å²) in [5.74, 6) is 0. The Hall–Kier alpha value is -4.92. The summed E-state index contributed by atoms with van der Waals surface area (Å²) in [6.45, 7) is 0. The lowest BCUT2D eigenvalue weighted by Gasteiger charge is -2.27. The number of anilines is 3. The second-order valence-corrected chi connectivity index (χ2v) is 11.3. The normalized spacial score (nSPS) is 11.5. The number of thiophene rings is 1. The first kappa shape index (κ1) is 23.0. The second-order valence-electron chi connectivity index (χ2n) is 10.2. The van der Waals surface area contributed by atoms with Crippen molar-refractivity contribution in [3.05, 3.63) is 152 Å². The number of hydrogen-bond donors (Lipinski definition) is 0. The van der Waals surface area contributed by atoms with Crippen LogP contribution in [-0.4, -0.2) is 0 Å². The lowest BCUT2D eigenvalue weighted by molar-refractivity contribution is 1.31. The Labute approximate surface area is 237 Å². The van der Waals surface area contributed by atoms with Gasteiger partial charge in [0, 0.05) is 31.5 Å². The van der Waals surface area contributed by atoms with Crippen molar-refractivity contribution in [3.63, 3.8) is 0 Å². The van der Waals surface area contributed by atoms with Gasteiger partial charge in [-0.3, -0.25) is 0 Å². The van der Waals surface area contributed by atoms with Crippen LogP contribution in [0.1, 0.15) is 0 Å². The highest BCUT2D eigenvalue weighted by atomic mass is 32.1. The second kappa shape index (κ2) is 9.37. The molecule has 2 heteroatoms. The van der Waals surface area contributed by atoms with E-state index in [1.807, 2.05) is 11.3 Å². The predicted octanol–water partition coefficient (Wildman–Crippen LogP) is 11.5. The van der Waals surface area contributed by atoms with Crippen LogP contribution in [0.2, 0.25) is 0 Å². The van der Waals surface area contributed by atoms with Crippen molar-refractivity contribution < 1.29 is 0 Å². The summed E-state index contributed by atoms with van der Waals surface area (Å²) in [5.41, 5.74) is 5.91. The Morgan fingerprint density at radius 3 is 2.02 bits per heavy atom. The highest BCUT2D eigenvalue weighted by Gasteiger charge is 2.20. The molecular weight excluding hydrogens is 502 g/mol. The van der Waals surface area contributed by atoms with Crippen LogP contribution in [0.3, 0.4) is 0 Å². The number of fused-ring (bicyclic) bond motifs is 6. The molecule has 1 nitrogen and oxygen atoms in total. The summed E-state index contributed by atoms with van der Waals surface area (Å²) < 4.78 is 2.64. The Morgan fingerprint density at radius 1 is 0.425 bits per heavy atom. The molecule has 0 saturated heterocycles. The van der Waals surface area contributed by atoms with Crippen LogP contribution < -0.4 is 4.90 Å². The van der Waals surface area contributed by atoms with Gasteiger partial charge in [-0.1, -0.05) is 115 Å². The third-order valence-corrected chi connectivity index (χ3v) is 9.01. The Kier molecular flexibility index (Phi) is 5.39. The first-order valence-electron chi connectivity index (χ1n) is 13.6. The molecule has 1 heterocycles. The first-order chi connectivity index (χ1) is 19.8. The SMILES string of the molecule is c1ccc(-c2cccc(N(c3ccc4ccccc4c3)c3cccc4sc5c6ccccc6ccc5c34)c2)cc1. The van der Waals surface area contributed by atoms with Gasteiger partial charge in [0.25, 0.3) is 0 Å². The van der Waals surface area contributed by atoms with E-state index in [9.17, 15) is 0 Å². The van der Waals surface area contributed by atoms with Gasteiger partial charge in [-0.25, -0.2) is 0 Å². The summed E-state index contributed by atoms with van der Waals surface area (Å²) in [4.78, 5) is 2.43. The fraction of sp³-hybridized carbons (Fsp3) is 0. The minimum atomic E-state index is 1.14. The van der Waals surface area contributed by atoms with E-state index in [2.05, 4.69) is 157 Å². The van der Waals surface area contributed by atoms with Crippen molar-refractivity contribution in [2.75, 3.05) is 4.90 Å². The van der Waals surface area contributed by atoms with Crippen LogP contribution in [0.4, 0.5) is 17.1 Å². The van der Waals surface area contributed by atoms with E-state index in [4.69, 9.17) is 0 Å². The van der Waals surface area contributed by atoms with E-state index in [0.717, 1.165) is 11.4 Å². The smallest absolute Gasteiger partial charge is 0.0554 e. The zero-order chi connectivity index (χ0) is 26.5. The molecule has 0 aliphatic rings. The lowest BCUT2D eigenvalue weighted by atomic mass is 10.0. The van der Waals surface area contributed by atoms with Crippen molar-refractivity contribution in [3.8, 4) is 11.1 Å². The molecule has 0 atom stereocenters. The van der Waals surface area contributed by atoms with Crippen molar-refractivity contribution in [1.29, 1.82) is 0 Å². The molecule has 40 heavy (non-hydrogen) atoms. The highest BCUT2D eigenvalue weighted by molar-refractivity contribution is 7.26. The number of hydrogen-bond acceptors (Lipinski definition) is 2. The van der Waals surface area contributed by atoms with Crippen LogP contribution >= 0.6 is 11.3 Å². The maximum atomic E-state index is 2.43. The zero-order valence-electron chi connectivity index (χ0n) is 21.8. The third-order valence-electron chi connectivity index (χ3n) is 7.81. The van der Waals surface area contributed by atoms with Gasteiger partial charge in [-0.15, -0.1) is 11.3 Å². The van der Waals surface area contributed by atoms with Crippen LogP contribution in [0.5, 0.6) is 0 Å². The van der Waals surface area contributed by atoms with Crippen molar-refractivity contribution in [1.82, 2.24) is 0 Å². The summed E-state index contributed by atoms with van der Waals surface area (Å²) >= 11 is 1.89. The molecular formula is C38H25NS. The summed E-state index contributed by atoms with van der Waals surface area (Å²) in [6.07, 6.45) is 0. The van der Waals surface area contributed by atoms with E-state index in [1.54, 1.807) is 0 Å². The van der Waals surface area contributed by atoms with Gasteiger partial charge in [-0.05, 0) is 69.1 Å². The van der Waals surface area contributed by atoms with Crippen LogP contribution in [0.15, 0.2) is 152 Å². The molecule has 0 amide bonds. The molecule has 0 unspecified atom stereocenters. The van der Waals surface area contributed by atoms with Gasteiger partial charge in [0.15, 0.2) is 0 Å². The summed E-state index contributed by atoms with van der Waals surface area (Å²) in [5, 5.41) is 7.68. The van der Waals surface area contributed by atoms with Gasteiger partial charge >= 0.3 is 0 Å². The lowest BCUT2D eigenvalue weighted by Crippen LogP contribution is -2.10. The van der Waals surface area contributed by atoms with Crippen LogP contribution in [0, 0.1) is 0 Å². The maximum Gasteiger partial charge on any atom is 0.0554 e. The van der Waals surface area contributed by atoms with Crippen molar-refractivity contribution in [2.45, 2.75) is 0 Å². The largest absolute Gasteiger partial charge is 0.310 e. The van der Waals surface area contributed by atoms with Crippen molar-refractivity contribution in [2.24, 2.45) is 0 Å². The minimum absolute atomic E-state index is 1.14. The molecule has 8 rings (SSSR count). The molecule has 1 aromatic heterocycles. The third kappa shape index (κ3) is 3.77. The molecule has 0 aliphatic carbocycles. The molecule has 7 aromatic carbocycles. The Morgan fingerprint density at radius 2 is 1.12 bits per heavy atom. The molecule has 0 spiro atoms. The Balaban J connectivity index is 1.42. The summed E-state index contributed by atoms with van der Waals surface area (Å²) in [6, 6.07) is 54.9. The molecule has 188 valence electrons. The van der Waals surface area contributed by atoms with Gasteiger partial charge in [-0.2, -0.15) is 0 Å². The van der Waals surface area contributed by atoms with E-state index >= 15 is 0 Å². The van der Waals surface area contributed by atoms with Gasteiger partial charge in [0.1, 0.15) is 0 Å². The number of benzene rings is 7. The quantitative estimate of drug-likeness (QED) is 0.220. The predicted molar refractivity (Wildman–Crippen MR) is 174 cm³/mol. The number of rotatable bonds is 4. The topological polar surface area (TPSA) is 3.24 Å². The molecule has 0 bridgehead atoms. The minimum Gasteiger partial charge on any atom is -0.310 e. The van der Waals surface area contributed by atoms with E-state index in [0.29, 0.717) is 0 Å². The van der Waals surface area contributed by atoms with E-state index < -0.39 is 0 Å². The average molecular weight is 528 g/mol.